The van der Waals surface area contributed by atoms with E-state index < -0.39 is 0 Å². The van der Waals surface area contributed by atoms with E-state index in [1.54, 1.807) is 0 Å². The van der Waals surface area contributed by atoms with E-state index in [0.29, 0.717) is 0 Å². The van der Waals surface area contributed by atoms with Crippen molar-refractivity contribution >= 4 is 0 Å². The molecule has 0 aliphatic carbocycles. The maximum absolute atomic E-state index is 8.97. The molecule has 0 atom stereocenters. The molecule has 1 aromatic heterocycles. The average Bonchev–Trinajstić information content (AvgIpc) is 2.93. The highest BCUT2D eigenvalue weighted by Crippen LogP contribution is 2.22. The Morgan fingerprint density at radius 3 is 2.60 bits per heavy atom. The molecule has 3 nitrogen and oxygen atoms in total. The summed E-state index contributed by atoms with van der Waals surface area (Å²) in [5.74, 6) is 0. The van der Waals surface area contributed by atoms with Gasteiger partial charge in [-0.2, -0.15) is 10.4 Å². The van der Waals surface area contributed by atoms with Crippen LogP contribution in [0.5, 0.6) is 0 Å². The number of unbranched alkanes of at least 4 members (excludes halogenated alkanes) is 1. The molecule has 1 aromatic carbocycles. The first-order valence-electron chi connectivity index (χ1n) is 7.10. The van der Waals surface area contributed by atoms with Gasteiger partial charge in [-0.15, -0.1) is 0 Å². The molecule has 0 spiro atoms. The zero-order chi connectivity index (χ0) is 14.4. The Labute approximate surface area is 120 Å². The molecule has 2 rings (SSSR count). The normalized spacial score (nSPS) is 11.2. The molecule has 1 heterocycles. The van der Waals surface area contributed by atoms with Gasteiger partial charge in [-0.25, -0.2) is 0 Å². The summed E-state index contributed by atoms with van der Waals surface area (Å²) >= 11 is 0. The molecule has 0 radical (unpaired) electrons. The molecule has 3 heteroatoms. The first kappa shape index (κ1) is 14.3. The van der Waals surface area contributed by atoms with Crippen LogP contribution in [0, 0.1) is 16.7 Å². The van der Waals surface area contributed by atoms with Gasteiger partial charge in [0.15, 0.2) is 0 Å². The Morgan fingerprint density at radius 1 is 1.15 bits per heavy atom. The third-order valence-electron chi connectivity index (χ3n) is 3.48. The van der Waals surface area contributed by atoms with Crippen molar-refractivity contribution < 1.29 is 0 Å². The fourth-order valence-electron chi connectivity index (χ4n) is 2.16. The standard InChI is InChI=1S/C17H21N3/c1-17(2,14-18)10-6-7-11-20-13-16(12-19-20)15-8-4-3-5-9-15/h3-5,8-9,12-13H,6-7,10-11H2,1-2H3. The molecule has 0 N–H and O–H groups in total. The first-order chi connectivity index (χ1) is 9.61. The Balaban J connectivity index is 1.84. The minimum Gasteiger partial charge on any atom is -0.272 e. The summed E-state index contributed by atoms with van der Waals surface area (Å²) in [5, 5.41) is 13.4. The van der Waals surface area contributed by atoms with E-state index in [4.69, 9.17) is 5.26 Å². The van der Waals surface area contributed by atoms with Crippen molar-refractivity contribution in [3.63, 3.8) is 0 Å². The summed E-state index contributed by atoms with van der Waals surface area (Å²) < 4.78 is 1.99. The highest BCUT2D eigenvalue weighted by molar-refractivity contribution is 5.61. The maximum atomic E-state index is 8.97. The zero-order valence-corrected chi connectivity index (χ0v) is 12.2. The summed E-state index contributed by atoms with van der Waals surface area (Å²) in [6.07, 6.45) is 7.05. The predicted octanol–water partition coefficient (Wildman–Crippen LogP) is 4.27. The average molecular weight is 267 g/mol. The van der Waals surface area contributed by atoms with E-state index in [-0.39, 0.29) is 5.41 Å². The second kappa shape index (κ2) is 6.38. The van der Waals surface area contributed by atoms with Crippen molar-refractivity contribution in [3.05, 3.63) is 42.7 Å². The summed E-state index contributed by atoms with van der Waals surface area (Å²) in [5.41, 5.74) is 2.14. The van der Waals surface area contributed by atoms with E-state index in [0.717, 1.165) is 31.4 Å². The lowest BCUT2D eigenvalue weighted by Crippen LogP contribution is -2.08. The van der Waals surface area contributed by atoms with Crippen LogP contribution < -0.4 is 0 Å². The van der Waals surface area contributed by atoms with Crippen LogP contribution in [0.15, 0.2) is 42.7 Å². The topological polar surface area (TPSA) is 41.6 Å². The minimum atomic E-state index is -0.209. The second-order valence-corrected chi connectivity index (χ2v) is 5.81. The number of rotatable bonds is 6. The van der Waals surface area contributed by atoms with Gasteiger partial charge in [0.05, 0.1) is 17.7 Å². The van der Waals surface area contributed by atoms with Gasteiger partial charge in [0.1, 0.15) is 0 Å². The molecular weight excluding hydrogens is 246 g/mol. The van der Waals surface area contributed by atoms with Gasteiger partial charge in [0.2, 0.25) is 0 Å². The van der Waals surface area contributed by atoms with Gasteiger partial charge in [-0.05, 0) is 32.3 Å². The SMILES string of the molecule is CC(C)(C#N)CCCCn1cc(-c2ccccc2)cn1. The quantitative estimate of drug-likeness (QED) is 0.733. The van der Waals surface area contributed by atoms with E-state index in [1.165, 1.54) is 5.56 Å². The molecule has 0 bridgehead atoms. The lowest BCUT2D eigenvalue weighted by molar-refractivity contribution is 0.412. The molecule has 0 amide bonds. The van der Waals surface area contributed by atoms with Gasteiger partial charge in [0.25, 0.3) is 0 Å². The molecular formula is C17H21N3. The van der Waals surface area contributed by atoms with Crippen molar-refractivity contribution in [2.24, 2.45) is 5.41 Å². The van der Waals surface area contributed by atoms with Crippen molar-refractivity contribution in [2.45, 2.75) is 39.7 Å². The largest absolute Gasteiger partial charge is 0.272 e. The number of benzene rings is 1. The fraction of sp³-hybridized carbons (Fsp3) is 0.412. The molecule has 20 heavy (non-hydrogen) atoms. The second-order valence-electron chi connectivity index (χ2n) is 5.81. The van der Waals surface area contributed by atoms with Crippen LogP contribution in [0.1, 0.15) is 33.1 Å². The van der Waals surface area contributed by atoms with Crippen LogP contribution in [0.3, 0.4) is 0 Å². The Kier molecular flexibility index (Phi) is 4.57. The molecule has 0 fully saturated rings. The summed E-state index contributed by atoms with van der Waals surface area (Å²) in [7, 11) is 0. The van der Waals surface area contributed by atoms with Crippen molar-refractivity contribution in [1.82, 2.24) is 9.78 Å². The van der Waals surface area contributed by atoms with Crippen LogP contribution in [-0.2, 0) is 6.54 Å². The Hall–Kier alpha value is -2.08. The van der Waals surface area contributed by atoms with Gasteiger partial charge < -0.3 is 0 Å². The van der Waals surface area contributed by atoms with Crippen LogP contribution in [0.4, 0.5) is 0 Å². The highest BCUT2D eigenvalue weighted by atomic mass is 15.3. The van der Waals surface area contributed by atoms with Crippen molar-refractivity contribution in [2.75, 3.05) is 0 Å². The van der Waals surface area contributed by atoms with Crippen LogP contribution in [0.2, 0.25) is 0 Å². The number of nitrogens with zero attached hydrogens (tertiary/aromatic N) is 3. The Morgan fingerprint density at radius 2 is 1.90 bits per heavy atom. The number of aromatic nitrogens is 2. The minimum absolute atomic E-state index is 0.209. The van der Waals surface area contributed by atoms with Crippen LogP contribution >= 0.6 is 0 Å². The van der Waals surface area contributed by atoms with Crippen molar-refractivity contribution in [1.29, 1.82) is 5.26 Å². The van der Waals surface area contributed by atoms with Gasteiger partial charge in [0, 0.05) is 18.3 Å². The molecule has 0 aliphatic rings. The maximum Gasteiger partial charge on any atom is 0.0683 e. The summed E-state index contributed by atoms with van der Waals surface area (Å²) in [4.78, 5) is 0. The number of hydrogen-bond donors (Lipinski definition) is 0. The van der Waals surface area contributed by atoms with Gasteiger partial charge in [-0.1, -0.05) is 36.8 Å². The van der Waals surface area contributed by atoms with Gasteiger partial charge >= 0.3 is 0 Å². The van der Waals surface area contributed by atoms with E-state index in [2.05, 4.69) is 29.5 Å². The van der Waals surface area contributed by atoms with Crippen LogP contribution in [0.25, 0.3) is 11.1 Å². The summed E-state index contributed by atoms with van der Waals surface area (Å²) in [6.45, 7) is 4.90. The third-order valence-corrected chi connectivity index (χ3v) is 3.48. The first-order valence-corrected chi connectivity index (χ1v) is 7.10. The molecule has 0 saturated heterocycles. The smallest absolute Gasteiger partial charge is 0.0683 e. The predicted molar refractivity (Wildman–Crippen MR) is 80.9 cm³/mol. The molecule has 104 valence electrons. The fourth-order valence-corrected chi connectivity index (χ4v) is 2.16. The summed E-state index contributed by atoms with van der Waals surface area (Å²) in [6, 6.07) is 12.6. The molecule has 0 aliphatic heterocycles. The third kappa shape index (κ3) is 3.96. The number of hydrogen-bond acceptors (Lipinski definition) is 2. The lowest BCUT2D eigenvalue weighted by Gasteiger charge is -2.14. The number of nitriles is 1. The lowest BCUT2D eigenvalue weighted by atomic mass is 9.89. The Bertz CT molecular complexity index is 576. The van der Waals surface area contributed by atoms with Crippen molar-refractivity contribution in [3.8, 4) is 17.2 Å². The molecule has 0 unspecified atom stereocenters. The van der Waals surface area contributed by atoms with E-state index in [9.17, 15) is 0 Å². The van der Waals surface area contributed by atoms with Crippen LogP contribution in [-0.4, -0.2) is 9.78 Å². The molecule has 0 saturated carbocycles. The number of aryl methyl sites for hydroxylation is 1. The molecule has 2 aromatic rings. The van der Waals surface area contributed by atoms with E-state index in [1.807, 2.05) is 42.9 Å². The van der Waals surface area contributed by atoms with E-state index >= 15 is 0 Å². The van der Waals surface area contributed by atoms with Gasteiger partial charge in [-0.3, -0.25) is 4.68 Å². The highest BCUT2D eigenvalue weighted by Gasteiger charge is 2.15. The monoisotopic (exact) mass is 267 g/mol. The zero-order valence-electron chi connectivity index (χ0n) is 12.2.